The van der Waals surface area contributed by atoms with Crippen LogP contribution in [0.4, 0.5) is 0 Å². The zero-order valence-corrected chi connectivity index (χ0v) is 13.0. The van der Waals surface area contributed by atoms with Crippen LogP contribution in [0.15, 0.2) is 18.2 Å². The molecule has 0 heterocycles. The highest BCUT2D eigenvalue weighted by molar-refractivity contribution is 5.75. The number of carbonyl (C=O) groups is 1. The van der Waals surface area contributed by atoms with E-state index in [9.17, 15) is 4.79 Å². The van der Waals surface area contributed by atoms with Crippen LogP contribution in [-0.2, 0) is 16.8 Å². The van der Waals surface area contributed by atoms with Gasteiger partial charge in [0.2, 0.25) is 0 Å². The van der Waals surface area contributed by atoms with Crippen LogP contribution in [0.25, 0.3) is 0 Å². The van der Waals surface area contributed by atoms with E-state index in [0.29, 0.717) is 6.42 Å². The lowest BCUT2D eigenvalue weighted by atomic mass is 9.85. The first kappa shape index (κ1) is 15.9. The van der Waals surface area contributed by atoms with E-state index >= 15 is 0 Å². The Bertz CT molecular complexity index is 429. The first-order valence-electron chi connectivity index (χ1n) is 7.11. The summed E-state index contributed by atoms with van der Waals surface area (Å²) in [6, 6.07) is 6.72. The Morgan fingerprint density at radius 3 is 2.47 bits per heavy atom. The quantitative estimate of drug-likeness (QED) is 0.790. The number of rotatable bonds is 6. The number of ketones is 1. The molecule has 0 saturated heterocycles. The van der Waals surface area contributed by atoms with Crippen molar-refractivity contribution in [2.75, 3.05) is 6.54 Å². The highest BCUT2D eigenvalue weighted by Crippen LogP contribution is 2.24. The fraction of sp³-hybridized carbons (Fsp3) is 0.588. The van der Waals surface area contributed by atoms with Gasteiger partial charge in [-0.1, -0.05) is 39.0 Å². The van der Waals surface area contributed by atoms with E-state index < -0.39 is 0 Å². The predicted molar refractivity (Wildman–Crippen MR) is 81.5 cm³/mol. The maximum absolute atomic E-state index is 10.8. The second-order valence-corrected chi connectivity index (χ2v) is 6.37. The van der Waals surface area contributed by atoms with Crippen LogP contribution in [0.2, 0.25) is 0 Å². The van der Waals surface area contributed by atoms with E-state index in [1.165, 1.54) is 16.7 Å². The molecule has 0 spiro atoms. The Morgan fingerprint density at radius 1 is 1.26 bits per heavy atom. The second kappa shape index (κ2) is 6.85. The molecule has 0 radical (unpaired) electrons. The van der Waals surface area contributed by atoms with Crippen LogP contribution in [0.5, 0.6) is 0 Å². The van der Waals surface area contributed by atoms with E-state index in [1.807, 2.05) is 0 Å². The molecule has 0 amide bonds. The first-order chi connectivity index (χ1) is 8.80. The normalized spacial score (nSPS) is 11.6. The first-order valence-corrected chi connectivity index (χ1v) is 7.11. The SMILES string of the molecule is CC(=O)CCCNCc1ccc(C(C)(C)C)cc1C. The summed E-state index contributed by atoms with van der Waals surface area (Å²) in [7, 11) is 0. The smallest absolute Gasteiger partial charge is 0.129 e. The van der Waals surface area contributed by atoms with Crippen molar-refractivity contribution in [1.82, 2.24) is 5.32 Å². The molecule has 106 valence electrons. The average molecular weight is 261 g/mol. The molecule has 0 fully saturated rings. The van der Waals surface area contributed by atoms with Gasteiger partial charge in [-0.2, -0.15) is 0 Å². The van der Waals surface area contributed by atoms with Gasteiger partial charge in [0.25, 0.3) is 0 Å². The minimum Gasteiger partial charge on any atom is -0.313 e. The van der Waals surface area contributed by atoms with Gasteiger partial charge in [-0.05, 0) is 48.9 Å². The summed E-state index contributed by atoms with van der Waals surface area (Å²) in [5.74, 6) is 0.271. The van der Waals surface area contributed by atoms with E-state index in [2.05, 4.69) is 51.2 Å². The minimum atomic E-state index is 0.207. The maximum Gasteiger partial charge on any atom is 0.129 e. The molecule has 1 N–H and O–H groups in total. The standard InChI is InChI=1S/C17H27NO/c1-13-11-16(17(3,4)5)9-8-15(13)12-18-10-6-7-14(2)19/h8-9,11,18H,6-7,10,12H2,1-5H3. The molecule has 19 heavy (non-hydrogen) atoms. The Labute approximate surface area is 117 Å². The van der Waals surface area contributed by atoms with Crippen LogP contribution in [0.1, 0.15) is 57.2 Å². The summed E-state index contributed by atoms with van der Waals surface area (Å²) in [6.07, 6.45) is 1.60. The summed E-state index contributed by atoms with van der Waals surface area (Å²) in [4.78, 5) is 10.8. The molecule has 2 heteroatoms. The molecule has 0 aliphatic heterocycles. The van der Waals surface area contributed by atoms with E-state index in [4.69, 9.17) is 0 Å². The molecule has 0 atom stereocenters. The van der Waals surface area contributed by atoms with Crippen molar-refractivity contribution in [3.63, 3.8) is 0 Å². The molecule has 0 saturated carbocycles. The van der Waals surface area contributed by atoms with Gasteiger partial charge in [0, 0.05) is 13.0 Å². The number of hydrogen-bond acceptors (Lipinski definition) is 2. The van der Waals surface area contributed by atoms with Crippen LogP contribution in [0, 0.1) is 6.92 Å². The van der Waals surface area contributed by atoms with E-state index in [0.717, 1.165) is 19.5 Å². The molecular weight excluding hydrogens is 234 g/mol. The predicted octanol–water partition coefficient (Wildman–Crippen LogP) is 3.75. The molecule has 0 bridgehead atoms. The highest BCUT2D eigenvalue weighted by Gasteiger charge is 2.14. The molecule has 0 aromatic heterocycles. The van der Waals surface area contributed by atoms with Crippen LogP contribution in [-0.4, -0.2) is 12.3 Å². The lowest BCUT2D eigenvalue weighted by Gasteiger charge is -2.20. The van der Waals surface area contributed by atoms with Crippen molar-refractivity contribution in [1.29, 1.82) is 0 Å². The molecule has 1 aromatic carbocycles. The van der Waals surface area contributed by atoms with E-state index in [-0.39, 0.29) is 11.2 Å². The van der Waals surface area contributed by atoms with E-state index in [1.54, 1.807) is 6.92 Å². The van der Waals surface area contributed by atoms with Gasteiger partial charge in [0.1, 0.15) is 5.78 Å². The number of Topliss-reactive ketones (excluding diaryl/α,β-unsaturated/α-hetero) is 1. The van der Waals surface area contributed by atoms with Gasteiger partial charge in [0.15, 0.2) is 0 Å². The fourth-order valence-corrected chi connectivity index (χ4v) is 2.05. The molecular formula is C17H27NO. The van der Waals surface area contributed by atoms with Crippen molar-refractivity contribution < 1.29 is 4.79 Å². The third kappa shape index (κ3) is 5.56. The third-order valence-corrected chi connectivity index (χ3v) is 3.41. The number of benzene rings is 1. The van der Waals surface area contributed by atoms with Crippen molar-refractivity contribution >= 4 is 5.78 Å². The molecule has 0 aliphatic rings. The zero-order chi connectivity index (χ0) is 14.5. The summed E-state index contributed by atoms with van der Waals surface area (Å²) in [5.41, 5.74) is 4.27. The highest BCUT2D eigenvalue weighted by atomic mass is 16.1. The maximum atomic E-state index is 10.8. The Kier molecular flexibility index (Phi) is 5.74. The molecule has 1 rings (SSSR count). The molecule has 2 nitrogen and oxygen atoms in total. The van der Waals surface area contributed by atoms with Crippen LogP contribution >= 0.6 is 0 Å². The second-order valence-electron chi connectivity index (χ2n) is 6.37. The monoisotopic (exact) mass is 261 g/mol. The number of nitrogens with one attached hydrogen (secondary N) is 1. The lowest BCUT2D eigenvalue weighted by molar-refractivity contribution is -0.117. The third-order valence-electron chi connectivity index (χ3n) is 3.41. The fourth-order valence-electron chi connectivity index (χ4n) is 2.05. The topological polar surface area (TPSA) is 29.1 Å². The van der Waals surface area contributed by atoms with Gasteiger partial charge < -0.3 is 10.1 Å². The van der Waals surface area contributed by atoms with Gasteiger partial charge in [-0.15, -0.1) is 0 Å². The lowest BCUT2D eigenvalue weighted by Crippen LogP contribution is -2.17. The Morgan fingerprint density at radius 2 is 1.95 bits per heavy atom. The largest absolute Gasteiger partial charge is 0.313 e. The Hall–Kier alpha value is -1.15. The van der Waals surface area contributed by atoms with Crippen molar-refractivity contribution in [3.8, 4) is 0 Å². The van der Waals surface area contributed by atoms with Gasteiger partial charge >= 0.3 is 0 Å². The number of hydrogen-bond donors (Lipinski definition) is 1. The van der Waals surface area contributed by atoms with Crippen molar-refractivity contribution in [2.24, 2.45) is 0 Å². The summed E-state index contributed by atoms with van der Waals surface area (Å²) in [6.45, 7) is 12.3. The summed E-state index contributed by atoms with van der Waals surface area (Å²) >= 11 is 0. The van der Waals surface area contributed by atoms with Gasteiger partial charge in [-0.3, -0.25) is 0 Å². The summed E-state index contributed by atoms with van der Waals surface area (Å²) in [5, 5.41) is 3.40. The molecule has 1 aromatic rings. The summed E-state index contributed by atoms with van der Waals surface area (Å²) < 4.78 is 0. The molecule has 0 unspecified atom stereocenters. The minimum absolute atomic E-state index is 0.207. The zero-order valence-electron chi connectivity index (χ0n) is 13.0. The van der Waals surface area contributed by atoms with Crippen LogP contribution in [0.3, 0.4) is 0 Å². The molecule has 0 aliphatic carbocycles. The van der Waals surface area contributed by atoms with Gasteiger partial charge in [0.05, 0.1) is 0 Å². The number of aryl methyl sites for hydroxylation is 1. The van der Waals surface area contributed by atoms with Crippen molar-refractivity contribution in [3.05, 3.63) is 34.9 Å². The Balaban J connectivity index is 2.49. The average Bonchev–Trinajstić information content (AvgIpc) is 2.28. The van der Waals surface area contributed by atoms with Crippen molar-refractivity contribution in [2.45, 2.75) is 59.4 Å². The van der Waals surface area contributed by atoms with Crippen LogP contribution < -0.4 is 5.32 Å². The number of carbonyl (C=O) groups excluding carboxylic acids is 1. The van der Waals surface area contributed by atoms with Gasteiger partial charge in [-0.25, -0.2) is 0 Å².